The van der Waals surface area contributed by atoms with Crippen molar-refractivity contribution < 1.29 is 18.3 Å². The number of ether oxygens (including phenoxy) is 2. The highest BCUT2D eigenvalue weighted by Crippen LogP contribution is 2.32. The van der Waals surface area contributed by atoms with Crippen LogP contribution in [0.15, 0.2) is 18.2 Å². The molecule has 3 nitrogen and oxygen atoms in total. The van der Waals surface area contributed by atoms with Gasteiger partial charge in [0.25, 0.3) is 0 Å². The highest BCUT2D eigenvalue weighted by Gasteiger charge is 2.16. The zero-order chi connectivity index (χ0) is 15.0. The molecular formula is C15H23F2NO2. The van der Waals surface area contributed by atoms with Gasteiger partial charge in [0.15, 0.2) is 11.5 Å². The van der Waals surface area contributed by atoms with Crippen LogP contribution in [-0.2, 0) is 6.54 Å². The highest BCUT2D eigenvalue weighted by atomic mass is 19.3. The molecule has 0 aliphatic rings. The number of hydrogen-bond donors (Lipinski definition) is 1. The van der Waals surface area contributed by atoms with Gasteiger partial charge >= 0.3 is 6.61 Å². The van der Waals surface area contributed by atoms with Crippen molar-refractivity contribution in [2.75, 3.05) is 7.11 Å². The van der Waals surface area contributed by atoms with Crippen molar-refractivity contribution in [3.8, 4) is 11.5 Å². The van der Waals surface area contributed by atoms with E-state index in [2.05, 4.69) is 23.9 Å². The van der Waals surface area contributed by atoms with Gasteiger partial charge in [0, 0.05) is 18.2 Å². The van der Waals surface area contributed by atoms with Crippen LogP contribution in [0.5, 0.6) is 11.5 Å². The monoisotopic (exact) mass is 287 g/mol. The number of nitrogens with one attached hydrogen (secondary N) is 1. The first-order valence-electron chi connectivity index (χ1n) is 6.96. The number of hydrogen-bond acceptors (Lipinski definition) is 3. The van der Waals surface area contributed by atoms with Crippen molar-refractivity contribution in [2.24, 2.45) is 0 Å². The number of methoxy groups -OCH3 is 1. The van der Waals surface area contributed by atoms with Crippen LogP contribution in [0, 0.1) is 0 Å². The summed E-state index contributed by atoms with van der Waals surface area (Å²) < 4.78 is 34.7. The van der Waals surface area contributed by atoms with Crippen molar-refractivity contribution in [2.45, 2.75) is 52.3 Å². The molecule has 0 heterocycles. The van der Waals surface area contributed by atoms with Gasteiger partial charge in [-0.1, -0.05) is 32.4 Å². The smallest absolute Gasteiger partial charge is 0.387 e. The zero-order valence-corrected chi connectivity index (χ0v) is 12.3. The Morgan fingerprint density at radius 3 is 2.55 bits per heavy atom. The van der Waals surface area contributed by atoms with Crippen molar-refractivity contribution in [3.63, 3.8) is 0 Å². The SMILES string of the molecule is CCCC(CC)NCc1cccc(OC)c1OC(F)F. The molecule has 1 aromatic rings. The van der Waals surface area contributed by atoms with Crippen LogP contribution in [0.1, 0.15) is 38.7 Å². The Bertz CT molecular complexity index is 399. The normalized spacial score (nSPS) is 12.5. The van der Waals surface area contributed by atoms with E-state index in [4.69, 9.17) is 4.74 Å². The molecule has 0 saturated heterocycles. The Morgan fingerprint density at radius 2 is 2.00 bits per heavy atom. The predicted octanol–water partition coefficient (Wildman–Crippen LogP) is 3.96. The third-order valence-corrected chi connectivity index (χ3v) is 3.20. The lowest BCUT2D eigenvalue weighted by atomic mass is 10.1. The first-order valence-corrected chi connectivity index (χ1v) is 6.96. The minimum Gasteiger partial charge on any atom is -0.493 e. The van der Waals surface area contributed by atoms with E-state index >= 15 is 0 Å². The van der Waals surface area contributed by atoms with Gasteiger partial charge in [-0.2, -0.15) is 8.78 Å². The van der Waals surface area contributed by atoms with Crippen LogP contribution < -0.4 is 14.8 Å². The van der Waals surface area contributed by atoms with E-state index in [0.29, 0.717) is 23.9 Å². The molecule has 0 aromatic heterocycles. The maximum atomic E-state index is 12.5. The van der Waals surface area contributed by atoms with Gasteiger partial charge < -0.3 is 14.8 Å². The summed E-state index contributed by atoms with van der Waals surface area (Å²) in [4.78, 5) is 0. The third kappa shape index (κ3) is 4.96. The standard InChI is InChI=1S/C15H23F2NO2/c1-4-7-12(5-2)18-10-11-8-6-9-13(19-3)14(11)20-15(16)17/h6,8-9,12,15,18H,4-5,7,10H2,1-3H3. The minimum absolute atomic E-state index is 0.115. The minimum atomic E-state index is -2.86. The van der Waals surface area contributed by atoms with Gasteiger partial charge in [-0.05, 0) is 18.9 Å². The first kappa shape index (κ1) is 16.7. The van der Waals surface area contributed by atoms with Crippen LogP contribution in [0.2, 0.25) is 0 Å². The Labute approximate surface area is 119 Å². The summed E-state index contributed by atoms with van der Waals surface area (Å²) in [5.41, 5.74) is 0.680. The molecule has 1 atom stereocenters. The zero-order valence-electron chi connectivity index (χ0n) is 12.3. The van der Waals surface area contributed by atoms with Gasteiger partial charge in [0.2, 0.25) is 0 Å². The second kappa shape index (κ2) is 8.74. The maximum Gasteiger partial charge on any atom is 0.387 e. The lowest BCUT2D eigenvalue weighted by Gasteiger charge is -2.19. The second-order valence-corrected chi connectivity index (χ2v) is 4.60. The fourth-order valence-corrected chi connectivity index (χ4v) is 2.14. The number of halogens is 2. The molecule has 1 unspecified atom stereocenters. The number of rotatable bonds is 9. The van der Waals surface area contributed by atoms with Gasteiger partial charge in [-0.3, -0.25) is 0 Å². The molecule has 0 bridgehead atoms. The lowest BCUT2D eigenvalue weighted by molar-refractivity contribution is -0.0518. The number of benzene rings is 1. The molecule has 0 radical (unpaired) electrons. The molecule has 0 fully saturated rings. The van der Waals surface area contributed by atoms with Gasteiger partial charge in [-0.15, -0.1) is 0 Å². The third-order valence-electron chi connectivity index (χ3n) is 3.20. The highest BCUT2D eigenvalue weighted by molar-refractivity contribution is 5.46. The Morgan fingerprint density at radius 1 is 1.25 bits per heavy atom. The predicted molar refractivity (Wildman–Crippen MR) is 75.5 cm³/mol. The van der Waals surface area contributed by atoms with E-state index in [1.54, 1.807) is 18.2 Å². The van der Waals surface area contributed by atoms with Crippen LogP contribution >= 0.6 is 0 Å². The van der Waals surface area contributed by atoms with E-state index in [-0.39, 0.29) is 5.75 Å². The summed E-state index contributed by atoms with van der Waals surface area (Å²) in [6.07, 6.45) is 3.15. The van der Waals surface area contributed by atoms with E-state index < -0.39 is 6.61 Å². The molecule has 0 amide bonds. The van der Waals surface area contributed by atoms with Gasteiger partial charge in [0.05, 0.1) is 7.11 Å². The Balaban J connectivity index is 2.82. The molecular weight excluding hydrogens is 264 g/mol. The fourth-order valence-electron chi connectivity index (χ4n) is 2.14. The summed E-state index contributed by atoms with van der Waals surface area (Å²) in [6.45, 7) is 1.86. The van der Waals surface area contributed by atoms with Crippen molar-refractivity contribution in [1.82, 2.24) is 5.32 Å². The average Bonchev–Trinajstić information content (AvgIpc) is 2.44. The largest absolute Gasteiger partial charge is 0.493 e. The molecule has 0 aliphatic carbocycles. The van der Waals surface area contributed by atoms with Crippen molar-refractivity contribution in [1.29, 1.82) is 0 Å². The Hall–Kier alpha value is -1.36. The molecule has 0 saturated carbocycles. The van der Waals surface area contributed by atoms with E-state index in [9.17, 15) is 8.78 Å². The van der Waals surface area contributed by atoms with E-state index in [1.165, 1.54) is 7.11 Å². The van der Waals surface area contributed by atoms with Gasteiger partial charge in [0.1, 0.15) is 0 Å². The second-order valence-electron chi connectivity index (χ2n) is 4.60. The van der Waals surface area contributed by atoms with Crippen LogP contribution in [0.3, 0.4) is 0 Å². The van der Waals surface area contributed by atoms with Gasteiger partial charge in [-0.25, -0.2) is 0 Å². The van der Waals surface area contributed by atoms with Crippen LogP contribution in [-0.4, -0.2) is 19.8 Å². The topological polar surface area (TPSA) is 30.5 Å². The van der Waals surface area contributed by atoms with Crippen molar-refractivity contribution >= 4 is 0 Å². The van der Waals surface area contributed by atoms with E-state index in [1.807, 2.05) is 0 Å². The number of alkyl halides is 2. The first-order chi connectivity index (χ1) is 9.62. The van der Waals surface area contributed by atoms with Crippen molar-refractivity contribution in [3.05, 3.63) is 23.8 Å². The summed E-state index contributed by atoms with van der Waals surface area (Å²) in [7, 11) is 1.44. The molecule has 1 N–H and O–H groups in total. The van der Waals surface area contributed by atoms with Crippen LogP contribution in [0.25, 0.3) is 0 Å². The summed E-state index contributed by atoms with van der Waals surface area (Å²) in [5.74, 6) is 0.442. The van der Waals surface area contributed by atoms with E-state index in [0.717, 1.165) is 19.3 Å². The molecule has 0 spiro atoms. The Kier molecular flexibility index (Phi) is 7.30. The number of para-hydroxylation sites is 1. The molecule has 5 heteroatoms. The summed E-state index contributed by atoms with van der Waals surface area (Å²) in [5, 5.41) is 3.37. The molecule has 20 heavy (non-hydrogen) atoms. The molecule has 1 aromatic carbocycles. The quantitative estimate of drug-likeness (QED) is 0.745. The summed E-state index contributed by atoms with van der Waals surface area (Å²) in [6, 6.07) is 5.54. The fraction of sp³-hybridized carbons (Fsp3) is 0.600. The molecule has 1 rings (SSSR count). The summed E-state index contributed by atoms with van der Waals surface area (Å²) >= 11 is 0. The van der Waals surface area contributed by atoms with Crippen LogP contribution in [0.4, 0.5) is 8.78 Å². The molecule has 114 valence electrons. The lowest BCUT2D eigenvalue weighted by Crippen LogP contribution is -2.28. The maximum absolute atomic E-state index is 12.5. The average molecular weight is 287 g/mol. The molecule has 0 aliphatic heterocycles.